The Morgan fingerprint density at radius 1 is 1.14 bits per heavy atom. The van der Waals surface area contributed by atoms with Crippen molar-refractivity contribution in [2.45, 2.75) is 6.18 Å². The van der Waals surface area contributed by atoms with Crippen LogP contribution in [-0.2, 0) is 11.0 Å². The van der Waals surface area contributed by atoms with Crippen LogP contribution in [0.1, 0.15) is 16.0 Å². The highest BCUT2D eigenvalue weighted by atomic mass is 79.9. The number of carboxylic acid groups (broad SMARTS) is 1. The molecule has 1 heterocycles. The van der Waals surface area contributed by atoms with Crippen LogP contribution >= 0.6 is 27.3 Å². The van der Waals surface area contributed by atoms with Crippen LogP contribution in [0.15, 0.2) is 40.2 Å². The van der Waals surface area contributed by atoms with Crippen LogP contribution in [0.4, 0.5) is 13.2 Å². The third-order valence-corrected chi connectivity index (χ3v) is 4.20. The van der Waals surface area contributed by atoms with E-state index < -0.39 is 17.7 Å². The maximum Gasteiger partial charge on any atom is 0.416 e. The van der Waals surface area contributed by atoms with E-state index in [1.54, 1.807) is 12.1 Å². The van der Waals surface area contributed by atoms with Crippen molar-refractivity contribution in [3.05, 3.63) is 56.2 Å². The summed E-state index contributed by atoms with van der Waals surface area (Å²) in [6, 6.07) is 7.55. The van der Waals surface area contributed by atoms with Gasteiger partial charge in [0.2, 0.25) is 0 Å². The standard InChI is InChI=1S/C14H8BrF3O2S/c15-12-6-5-10(21-12)7-11(13(19)20)8-1-3-9(4-2-8)14(16,17)18/h1-7H,(H,19,20)/b11-7-. The number of rotatable bonds is 3. The number of aliphatic carboxylic acids is 1. The average molecular weight is 377 g/mol. The second-order valence-electron chi connectivity index (χ2n) is 4.08. The lowest BCUT2D eigenvalue weighted by atomic mass is 10.0. The summed E-state index contributed by atoms with van der Waals surface area (Å²) in [6.45, 7) is 0. The molecule has 2 rings (SSSR count). The smallest absolute Gasteiger partial charge is 0.416 e. The molecule has 0 fully saturated rings. The van der Waals surface area contributed by atoms with E-state index in [2.05, 4.69) is 15.9 Å². The number of benzene rings is 1. The van der Waals surface area contributed by atoms with Crippen LogP contribution in [0.3, 0.4) is 0 Å². The largest absolute Gasteiger partial charge is 0.478 e. The first kappa shape index (κ1) is 15.8. The van der Waals surface area contributed by atoms with Crippen LogP contribution in [0.25, 0.3) is 11.6 Å². The van der Waals surface area contributed by atoms with Crippen molar-refractivity contribution in [3.63, 3.8) is 0 Å². The minimum Gasteiger partial charge on any atom is -0.478 e. The van der Waals surface area contributed by atoms with Gasteiger partial charge in [-0.15, -0.1) is 11.3 Å². The van der Waals surface area contributed by atoms with Crippen molar-refractivity contribution in [3.8, 4) is 0 Å². The maximum absolute atomic E-state index is 12.5. The summed E-state index contributed by atoms with van der Waals surface area (Å²) in [5.41, 5.74) is -0.645. The summed E-state index contributed by atoms with van der Waals surface area (Å²) >= 11 is 4.60. The van der Waals surface area contributed by atoms with Gasteiger partial charge in [-0.2, -0.15) is 13.2 Å². The summed E-state index contributed by atoms with van der Waals surface area (Å²) < 4.78 is 38.3. The molecule has 0 bridgehead atoms. The van der Waals surface area contributed by atoms with Gasteiger partial charge >= 0.3 is 12.1 Å². The zero-order valence-corrected chi connectivity index (χ0v) is 12.7. The zero-order chi connectivity index (χ0) is 15.6. The molecule has 0 unspecified atom stereocenters. The molecular weight excluding hydrogens is 369 g/mol. The number of carbonyl (C=O) groups is 1. The molecule has 2 aromatic rings. The lowest BCUT2D eigenvalue weighted by Gasteiger charge is -2.08. The topological polar surface area (TPSA) is 37.3 Å². The monoisotopic (exact) mass is 376 g/mol. The van der Waals surface area contributed by atoms with E-state index in [9.17, 15) is 23.1 Å². The van der Waals surface area contributed by atoms with E-state index in [0.717, 1.165) is 28.1 Å². The molecule has 7 heteroatoms. The van der Waals surface area contributed by atoms with Crippen LogP contribution in [-0.4, -0.2) is 11.1 Å². The molecule has 0 amide bonds. The Labute approximate surface area is 130 Å². The molecule has 0 aliphatic heterocycles. The first-order valence-corrected chi connectivity index (χ1v) is 7.26. The van der Waals surface area contributed by atoms with Crippen LogP contribution in [0.5, 0.6) is 0 Å². The number of hydrogen-bond acceptors (Lipinski definition) is 2. The molecule has 1 aromatic heterocycles. The van der Waals surface area contributed by atoms with Gasteiger partial charge in [0.1, 0.15) is 0 Å². The summed E-state index contributed by atoms with van der Waals surface area (Å²) in [4.78, 5) is 12.0. The van der Waals surface area contributed by atoms with E-state index in [1.807, 2.05) is 0 Å². The number of hydrogen-bond donors (Lipinski definition) is 1. The molecule has 0 atom stereocenters. The molecule has 0 radical (unpaired) electrons. The number of halogens is 4. The fraction of sp³-hybridized carbons (Fsp3) is 0.0714. The Hall–Kier alpha value is -1.60. The first-order valence-electron chi connectivity index (χ1n) is 5.65. The molecule has 2 nitrogen and oxygen atoms in total. The SMILES string of the molecule is O=C(O)/C(=C\c1ccc(Br)s1)c1ccc(C(F)(F)F)cc1. The molecule has 0 aliphatic rings. The molecule has 21 heavy (non-hydrogen) atoms. The van der Waals surface area contributed by atoms with Gasteiger partial charge in [-0.1, -0.05) is 12.1 Å². The van der Waals surface area contributed by atoms with E-state index >= 15 is 0 Å². The Bertz CT molecular complexity index is 687. The van der Waals surface area contributed by atoms with E-state index in [-0.39, 0.29) is 11.1 Å². The van der Waals surface area contributed by atoms with Crippen LogP contribution in [0.2, 0.25) is 0 Å². The van der Waals surface area contributed by atoms with Crippen LogP contribution in [0, 0.1) is 0 Å². The fourth-order valence-corrected chi connectivity index (χ4v) is 3.02. The lowest BCUT2D eigenvalue weighted by molar-refractivity contribution is -0.137. The predicted molar refractivity (Wildman–Crippen MR) is 79.0 cm³/mol. The molecule has 0 saturated heterocycles. The van der Waals surface area contributed by atoms with Gasteiger partial charge in [-0.3, -0.25) is 0 Å². The second-order valence-corrected chi connectivity index (χ2v) is 6.57. The number of thiophene rings is 1. The zero-order valence-electron chi connectivity index (χ0n) is 10.3. The van der Waals surface area contributed by atoms with Gasteiger partial charge in [0.15, 0.2) is 0 Å². The molecule has 0 spiro atoms. The van der Waals surface area contributed by atoms with Gasteiger partial charge in [0, 0.05) is 4.88 Å². The Morgan fingerprint density at radius 2 is 1.76 bits per heavy atom. The highest BCUT2D eigenvalue weighted by Gasteiger charge is 2.30. The lowest BCUT2D eigenvalue weighted by Crippen LogP contribution is -2.05. The summed E-state index contributed by atoms with van der Waals surface area (Å²) in [7, 11) is 0. The van der Waals surface area contributed by atoms with Gasteiger partial charge in [0.05, 0.1) is 14.9 Å². The predicted octanol–water partition coefficient (Wildman–Crippen LogP) is 5.15. The van der Waals surface area contributed by atoms with Gasteiger partial charge in [-0.05, 0) is 51.8 Å². The van der Waals surface area contributed by atoms with Gasteiger partial charge < -0.3 is 5.11 Å². The van der Waals surface area contributed by atoms with Crippen molar-refractivity contribution in [2.24, 2.45) is 0 Å². The molecule has 1 N–H and O–H groups in total. The van der Waals surface area contributed by atoms with E-state index in [4.69, 9.17) is 0 Å². The van der Waals surface area contributed by atoms with Gasteiger partial charge in [0.25, 0.3) is 0 Å². The molecule has 0 saturated carbocycles. The quantitative estimate of drug-likeness (QED) is 0.751. The molecule has 1 aromatic carbocycles. The number of alkyl halides is 3. The van der Waals surface area contributed by atoms with Gasteiger partial charge in [-0.25, -0.2) is 4.79 Å². The van der Waals surface area contributed by atoms with Crippen molar-refractivity contribution in [1.29, 1.82) is 0 Å². The minimum absolute atomic E-state index is 0.0573. The number of carboxylic acids is 1. The molecular formula is C14H8BrF3O2S. The first-order chi connectivity index (χ1) is 9.77. The molecule has 110 valence electrons. The third-order valence-electron chi connectivity index (χ3n) is 2.63. The normalized spacial score (nSPS) is 12.5. The molecule has 0 aliphatic carbocycles. The summed E-state index contributed by atoms with van der Waals surface area (Å²) in [6.07, 6.45) is -3.01. The average Bonchev–Trinajstić information content (AvgIpc) is 2.80. The summed E-state index contributed by atoms with van der Waals surface area (Å²) in [5.74, 6) is -1.20. The van der Waals surface area contributed by atoms with Crippen molar-refractivity contribution >= 4 is 44.9 Å². The highest BCUT2D eigenvalue weighted by Crippen LogP contribution is 2.31. The van der Waals surface area contributed by atoms with E-state index in [0.29, 0.717) is 4.88 Å². The second kappa shape index (κ2) is 6.03. The maximum atomic E-state index is 12.5. The Balaban J connectivity index is 2.40. The van der Waals surface area contributed by atoms with Crippen molar-refractivity contribution < 1.29 is 23.1 Å². The Morgan fingerprint density at radius 3 is 2.19 bits per heavy atom. The van der Waals surface area contributed by atoms with Crippen molar-refractivity contribution in [1.82, 2.24) is 0 Å². The third kappa shape index (κ3) is 3.95. The highest BCUT2D eigenvalue weighted by molar-refractivity contribution is 9.11. The minimum atomic E-state index is -4.44. The fourth-order valence-electron chi connectivity index (χ4n) is 1.66. The van der Waals surface area contributed by atoms with Crippen LogP contribution < -0.4 is 0 Å². The van der Waals surface area contributed by atoms with Crippen molar-refractivity contribution in [2.75, 3.05) is 0 Å². The Kier molecular flexibility index (Phi) is 4.53. The van der Waals surface area contributed by atoms with E-state index in [1.165, 1.54) is 17.4 Å². The summed E-state index contributed by atoms with van der Waals surface area (Å²) in [5, 5.41) is 9.23.